The summed E-state index contributed by atoms with van der Waals surface area (Å²) in [6.07, 6.45) is 1.89. The molecular weight excluding hydrogens is 332 g/mol. The molecule has 1 heterocycles. The number of methoxy groups -OCH3 is 1. The molecule has 134 valence electrons. The molecule has 1 aliphatic heterocycles. The molecule has 0 spiro atoms. The van der Waals surface area contributed by atoms with E-state index in [9.17, 15) is 9.59 Å². The molecule has 2 rings (SSSR count). The molecule has 6 nitrogen and oxygen atoms in total. The van der Waals surface area contributed by atoms with Crippen LogP contribution in [0.3, 0.4) is 0 Å². The summed E-state index contributed by atoms with van der Waals surface area (Å²) in [7, 11) is 1.60. The van der Waals surface area contributed by atoms with Gasteiger partial charge in [0.05, 0.1) is 19.1 Å². The fourth-order valence-electron chi connectivity index (χ4n) is 2.97. The molecule has 0 saturated carbocycles. The van der Waals surface area contributed by atoms with Crippen LogP contribution in [0.5, 0.6) is 5.75 Å². The van der Waals surface area contributed by atoms with Crippen molar-refractivity contribution < 1.29 is 19.4 Å². The smallest absolute Gasteiger partial charge is 0.306 e. The van der Waals surface area contributed by atoms with E-state index in [1.54, 1.807) is 31.4 Å². The van der Waals surface area contributed by atoms with Crippen molar-refractivity contribution in [3.05, 3.63) is 24.3 Å². The fraction of sp³-hybridized carbons (Fsp3) is 0.529. The number of carboxylic acid groups (broad SMARTS) is 1. The summed E-state index contributed by atoms with van der Waals surface area (Å²) in [6, 6.07) is 6.98. The molecule has 1 atom stereocenters. The second kappa shape index (κ2) is 9.49. The van der Waals surface area contributed by atoms with Gasteiger partial charge >= 0.3 is 5.97 Å². The number of piperidine rings is 1. The molecular formula is C17H25ClN2O4. The van der Waals surface area contributed by atoms with Crippen LogP contribution in [0, 0.1) is 5.92 Å². The zero-order valence-corrected chi connectivity index (χ0v) is 14.8. The monoisotopic (exact) mass is 356 g/mol. The number of ether oxygens (including phenoxy) is 1. The minimum atomic E-state index is -0.736. The summed E-state index contributed by atoms with van der Waals surface area (Å²) in [5, 5.41) is 12.0. The van der Waals surface area contributed by atoms with Crippen molar-refractivity contribution in [1.29, 1.82) is 0 Å². The van der Waals surface area contributed by atoms with Crippen molar-refractivity contribution in [2.24, 2.45) is 5.92 Å². The molecule has 1 saturated heterocycles. The molecule has 2 N–H and O–H groups in total. The number of nitrogens with one attached hydrogen (secondary N) is 1. The zero-order chi connectivity index (χ0) is 16.8. The van der Waals surface area contributed by atoms with E-state index < -0.39 is 5.97 Å². The Hall–Kier alpha value is -1.79. The Morgan fingerprint density at radius 3 is 2.33 bits per heavy atom. The Morgan fingerprint density at radius 1 is 1.29 bits per heavy atom. The molecule has 1 aliphatic rings. The molecule has 1 aromatic carbocycles. The summed E-state index contributed by atoms with van der Waals surface area (Å²) in [5.74, 6) is -0.328. The van der Waals surface area contributed by atoms with Crippen LogP contribution in [0.15, 0.2) is 24.3 Å². The molecule has 0 bridgehead atoms. The van der Waals surface area contributed by atoms with E-state index >= 15 is 0 Å². The van der Waals surface area contributed by atoms with Gasteiger partial charge in [0.1, 0.15) is 5.75 Å². The van der Waals surface area contributed by atoms with Crippen molar-refractivity contribution in [3.8, 4) is 5.75 Å². The third kappa shape index (κ3) is 5.11. The molecule has 0 radical (unpaired) electrons. The number of hydrogen-bond donors (Lipinski definition) is 2. The average Bonchev–Trinajstić information content (AvgIpc) is 2.56. The quantitative estimate of drug-likeness (QED) is 0.819. The van der Waals surface area contributed by atoms with Gasteiger partial charge in [-0.15, -0.1) is 12.4 Å². The Balaban J connectivity index is 0.00000288. The molecule has 7 heteroatoms. The maximum absolute atomic E-state index is 12.5. The topological polar surface area (TPSA) is 78.9 Å². The van der Waals surface area contributed by atoms with Gasteiger partial charge in [0.2, 0.25) is 5.91 Å². The number of carbonyl (C=O) groups is 2. The summed E-state index contributed by atoms with van der Waals surface area (Å²) >= 11 is 0. The van der Waals surface area contributed by atoms with Crippen LogP contribution >= 0.6 is 12.4 Å². The first kappa shape index (κ1) is 20.3. The number of carbonyl (C=O) groups excluding carboxylic acids is 1. The lowest BCUT2D eigenvalue weighted by molar-refractivity contribution is -0.143. The Morgan fingerprint density at radius 2 is 1.88 bits per heavy atom. The highest BCUT2D eigenvalue weighted by atomic mass is 35.5. The van der Waals surface area contributed by atoms with E-state index in [0.717, 1.165) is 11.4 Å². The first-order chi connectivity index (χ1) is 11.0. The van der Waals surface area contributed by atoms with Crippen LogP contribution in [0.4, 0.5) is 5.69 Å². The standard InChI is InChI=1S/C17H24N2O4.ClH/c1-3-15(19-10-8-12(9-11-19)17(21)22)16(20)18-13-4-6-14(23-2)7-5-13;/h4-7,12,15H,3,8-11H2,1-2H3,(H,18,20)(H,21,22);1H. The van der Waals surface area contributed by atoms with Crippen molar-refractivity contribution in [2.45, 2.75) is 32.2 Å². The number of nitrogens with zero attached hydrogens (tertiary/aromatic N) is 1. The molecule has 24 heavy (non-hydrogen) atoms. The van der Waals surface area contributed by atoms with Crippen LogP contribution in [-0.2, 0) is 9.59 Å². The Kier molecular flexibility index (Phi) is 8.01. The van der Waals surface area contributed by atoms with Gasteiger partial charge in [0.15, 0.2) is 0 Å². The number of rotatable bonds is 6. The van der Waals surface area contributed by atoms with Gasteiger partial charge in [-0.25, -0.2) is 0 Å². The highest BCUT2D eigenvalue weighted by molar-refractivity contribution is 5.94. The van der Waals surface area contributed by atoms with Gasteiger partial charge in [-0.3, -0.25) is 14.5 Å². The predicted molar refractivity (Wildman–Crippen MR) is 94.9 cm³/mol. The minimum absolute atomic E-state index is 0. The molecule has 1 fully saturated rings. The largest absolute Gasteiger partial charge is 0.497 e. The van der Waals surface area contributed by atoms with Crippen molar-refractivity contribution in [1.82, 2.24) is 4.90 Å². The van der Waals surface area contributed by atoms with Crippen LogP contribution in [0.2, 0.25) is 0 Å². The first-order valence-corrected chi connectivity index (χ1v) is 7.97. The number of amides is 1. The third-order valence-electron chi connectivity index (χ3n) is 4.37. The molecule has 1 aromatic rings. The predicted octanol–water partition coefficient (Wildman–Crippen LogP) is 2.63. The zero-order valence-electron chi connectivity index (χ0n) is 14.0. The summed E-state index contributed by atoms with van der Waals surface area (Å²) in [5.41, 5.74) is 0.731. The first-order valence-electron chi connectivity index (χ1n) is 7.97. The van der Waals surface area contributed by atoms with E-state index in [4.69, 9.17) is 9.84 Å². The van der Waals surface area contributed by atoms with Crippen molar-refractivity contribution >= 4 is 30.0 Å². The summed E-state index contributed by atoms with van der Waals surface area (Å²) in [6.45, 7) is 3.26. The fourth-order valence-corrected chi connectivity index (χ4v) is 2.97. The highest BCUT2D eigenvalue weighted by Gasteiger charge is 2.31. The van der Waals surface area contributed by atoms with Crippen LogP contribution < -0.4 is 10.1 Å². The lowest BCUT2D eigenvalue weighted by Gasteiger charge is -2.35. The number of aliphatic carboxylic acids is 1. The van der Waals surface area contributed by atoms with E-state index in [0.29, 0.717) is 32.4 Å². The lowest BCUT2D eigenvalue weighted by Crippen LogP contribution is -2.48. The van der Waals surface area contributed by atoms with Crippen LogP contribution in [0.25, 0.3) is 0 Å². The van der Waals surface area contributed by atoms with Crippen molar-refractivity contribution in [2.75, 3.05) is 25.5 Å². The normalized spacial score (nSPS) is 16.8. The van der Waals surface area contributed by atoms with E-state index in [1.165, 1.54) is 0 Å². The van der Waals surface area contributed by atoms with E-state index in [2.05, 4.69) is 10.2 Å². The molecule has 0 aliphatic carbocycles. The number of hydrogen-bond acceptors (Lipinski definition) is 4. The number of anilines is 1. The van der Waals surface area contributed by atoms with E-state index in [1.807, 2.05) is 6.92 Å². The van der Waals surface area contributed by atoms with Gasteiger partial charge in [-0.2, -0.15) is 0 Å². The van der Waals surface area contributed by atoms with Crippen molar-refractivity contribution in [3.63, 3.8) is 0 Å². The molecule has 1 amide bonds. The number of likely N-dealkylation sites (tertiary alicyclic amines) is 1. The average molecular weight is 357 g/mol. The number of carboxylic acids is 1. The SMILES string of the molecule is CCC(C(=O)Nc1ccc(OC)cc1)N1CCC(C(=O)O)CC1.Cl. The third-order valence-corrected chi connectivity index (χ3v) is 4.37. The minimum Gasteiger partial charge on any atom is -0.497 e. The number of benzene rings is 1. The second-order valence-electron chi connectivity index (χ2n) is 5.79. The Labute approximate surface area is 148 Å². The Bertz CT molecular complexity index is 542. The highest BCUT2D eigenvalue weighted by Crippen LogP contribution is 2.21. The van der Waals surface area contributed by atoms with Crippen LogP contribution in [0.1, 0.15) is 26.2 Å². The maximum atomic E-state index is 12.5. The van der Waals surface area contributed by atoms with Gasteiger partial charge in [0, 0.05) is 5.69 Å². The van der Waals surface area contributed by atoms with Gasteiger partial charge < -0.3 is 15.2 Å². The second-order valence-corrected chi connectivity index (χ2v) is 5.79. The maximum Gasteiger partial charge on any atom is 0.306 e. The van der Waals surface area contributed by atoms with Gasteiger partial charge in [-0.1, -0.05) is 6.92 Å². The summed E-state index contributed by atoms with van der Waals surface area (Å²) in [4.78, 5) is 25.6. The van der Waals surface area contributed by atoms with Gasteiger partial charge in [-0.05, 0) is 56.6 Å². The van der Waals surface area contributed by atoms with E-state index in [-0.39, 0.29) is 30.3 Å². The van der Waals surface area contributed by atoms with Crippen LogP contribution in [-0.4, -0.2) is 48.1 Å². The molecule has 1 unspecified atom stereocenters. The summed E-state index contributed by atoms with van der Waals surface area (Å²) < 4.78 is 5.10. The van der Waals surface area contributed by atoms with Gasteiger partial charge in [0.25, 0.3) is 0 Å². The molecule has 0 aromatic heterocycles. The number of halogens is 1. The lowest BCUT2D eigenvalue weighted by atomic mass is 9.95.